The van der Waals surface area contributed by atoms with E-state index in [4.69, 9.17) is 4.74 Å². The Hall–Kier alpha value is -2.12. The van der Waals surface area contributed by atoms with Crippen LogP contribution in [0.15, 0.2) is 30.3 Å². The predicted octanol–water partition coefficient (Wildman–Crippen LogP) is 0.743. The van der Waals surface area contributed by atoms with E-state index in [0.717, 1.165) is 5.56 Å². The molecule has 1 aliphatic heterocycles. The number of rotatable bonds is 4. The van der Waals surface area contributed by atoms with Gasteiger partial charge in [-0.2, -0.15) is 0 Å². The van der Waals surface area contributed by atoms with Gasteiger partial charge in [0.05, 0.1) is 0 Å². The molecule has 0 spiro atoms. The molecule has 2 amide bonds. The molecule has 23 heavy (non-hydrogen) atoms. The molecule has 2 rings (SSSR count). The van der Waals surface area contributed by atoms with Gasteiger partial charge in [0.15, 0.2) is 0 Å². The zero-order valence-corrected chi connectivity index (χ0v) is 13.5. The fourth-order valence-electron chi connectivity index (χ4n) is 2.29. The molecule has 1 aliphatic rings. The number of ether oxygens (including phenoxy) is 1. The summed E-state index contributed by atoms with van der Waals surface area (Å²) in [6, 6.07) is 9.44. The van der Waals surface area contributed by atoms with Crippen molar-refractivity contribution in [1.82, 2.24) is 15.3 Å². The maximum atomic E-state index is 12.0. The van der Waals surface area contributed by atoms with E-state index in [1.807, 2.05) is 30.3 Å². The lowest BCUT2D eigenvalue weighted by molar-refractivity contribution is -0.150. The van der Waals surface area contributed by atoms with E-state index >= 15 is 0 Å². The lowest BCUT2D eigenvalue weighted by Crippen LogP contribution is -2.57. The molecule has 1 fully saturated rings. The van der Waals surface area contributed by atoms with Gasteiger partial charge >= 0.3 is 6.09 Å². The number of benzene rings is 1. The van der Waals surface area contributed by atoms with Gasteiger partial charge in [-0.05, 0) is 19.4 Å². The van der Waals surface area contributed by atoms with Crippen molar-refractivity contribution >= 4 is 12.0 Å². The predicted molar refractivity (Wildman–Crippen MR) is 84.2 cm³/mol. The Morgan fingerprint density at radius 2 is 1.78 bits per heavy atom. The van der Waals surface area contributed by atoms with Crippen LogP contribution in [0.1, 0.15) is 19.4 Å². The Bertz CT molecular complexity index is 534. The second-order valence-corrected chi connectivity index (χ2v) is 6.01. The van der Waals surface area contributed by atoms with E-state index in [2.05, 4.69) is 5.43 Å². The molecule has 7 heteroatoms. The molecule has 0 saturated carbocycles. The van der Waals surface area contributed by atoms with Crippen LogP contribution < -0.4 is 5.43 Å². The van der Waals surface area contributed by atoms with Crippen molar-refractivity contribution in [2.75, 3.05) is 26.2 Å². The smallest absolute Gasteiger partial charge is 0.422 e. The number of hydrazine groups is 1. The maximum absolute atomic E-state index is 12.0. The summed E-state index contributed by atoms with van der Waals surface area (Å²) in [4.78, 5) is 25.3. The number of carbonyl (C=O) groups is 2. The highest BCUT2D eigenvalue weighted by molar-refractivity contribution is 5.84. The largest absolute Gasteiger partial charge is 0.444 e. The van der Waals surface area contributed by atoms with Crippen LogP contribution in [0, 0.1) is 0 Å². The molecule has 0 aromatic heterocycles. The van der Waals surface area contributed by atoms with Gasteiger partial charge in [0.25, 0.3) is 5.91 Å². The van der Waals surface area contributed by atoms with Crippen LogP contribution >= 0.6 is 0 Å². The second-order valence-electron chi connectivity index (χ2n) is 6.01. The molecule has 1 saturated heterocycles. The summed E-state index contributed by atoms with van der Waals surface area (Å²) in [5.41, 5.74) is 2.21. The molecule has 2 N–H and O–H groups in total. The minimum absolute atomic E-state index is 0.212. The minimum atomic E-state index is -1.37. The Morgan fingerprint density at radius 1 is 1.17 bits per heavy atom. The molecule has 0 atom stereocenters. The fourth-order valence-corrected chi connectivity index (χ4v) is 2.29. The number of hydrogen-bond acceptors (Lipinski definition) is 5. The Kier molecular flexibility index (Phi) is 5.57. The average molecular weight is 321 g/mol. The third-order valence-electron chi connectivity index (χ3n) is 3.55. The van der Waals surface area contributed by atoms with E-state index in [9.17, 15) is 14.7 Å². The van der Waals surface area contributed by atoms with Crippen LogP contribution in [-0.2, 0) is 16.1 Å². The topological polar surface area (TPSA) is 82.1 Å². The van der Waals surface area contributed by atoms with E-state index in [-0.39, 0.29) is 12.5 Å². The van der Waals surface area contributed by atoms with Crippen molar-refractivity contribution in [2.24, 2.45) is 0 Å². The van der Waals surface area contributed by atoms with Crippen LogP contribution in [0.4, 0.5) is 4.79 Å². The van der Waals surface area contributed by atoms with E-state index in [1.165, 1.54) is 13.8 Å². The monoisotopic (exact) mass is 321 g/mol. The zero-order valence-electron chi connectivity index (χ0n) is 13.5. The van der Waals surface area contributed by atoms with Gasteiger partial charge in [-0.15, -0.1) is 0 Å². The first kappa shape index (κ1) is 17.2. The molecule has 126 valence electrons. The van der Waals surface area contributed by atoms with Crippen LogP contribution in [0.5, 0.6) is 0 Å². The van der Waals surface area contributed by atoms with Crippen molar-refractivity contribution in [3.8, 4) is 0 Å². The fraction of sp³-hybridized carbons (Fsp3) is 0.500. The highest BCUT2D eigenvalue weighted by Gasteiger charge is 2.31. The van der Waals surface area contributed by atoms with E-state index < -0.39 is 11.7 Å². The Morgan fingerprint density at radius 3 is 2.35 bits per heavy atom. The summed E-state index contributed by atoms with van der Waals surface area (Å²) in [7, 11) is 0. The first-order valence-corrected chi connectivity index (χ1v) is 7.60. The summed E-state index contributed by atoms with van der Waals surface area (Å²) < 4.78 is 5.15. The number of nitrogens with zero attached hydrogens (tertiary/aromatic N) is 2. The molecule has 0 bridgehead atoms. The number of carbonyl (C=O) groups excluding carboxylic acids is 2. The summed E-state index contributed by atoms with van der Waals surface area (Å²) in [5.74, 6) is -0.302. The summed E-state index contributed by atoms with van der Waals surface area (Å²) in [6.45, 7) is 5.03. The van der Waals surface area contributed by atoms with E-state index in [0.29, 0.717) is 26.2 Å². The molecule has 1 aromatic rings. The zero-order chi connectivity index (χ0) is 16.9. The van der Waals surface area contributed by atoms with Crippen molar-refractivity contribution in [2.45, 2.75) is 26.1 Å². The van der Waals surface area contributed by atoms with Gasteiger partial charge in [0.1, 0.15) is 12.2 Å². The molecule has 7 nitrogen and oxygen atoms in total. The molecular formula is C16H23N3O4. The second kappa shape index (κ2) is 7.43. The molecule has 0 unspecified atom stereocenters. The van der Waals surface area contributed by atoms with Gasteiger partial charge in [0, 0.05) is 26.2 Å². The number of aliphatic hydroxyl groups is 1. The summed E-state index contributed by atoms with van der Waals surface area (Å²) in [5, 5.41) is 11.4. The average Bonchev–Trinajstić information content (AvgIpc) is 2.53. The van der Waals surface area contributed by atoms with Gasteiger partial charge < -0.3 is 14.7 Å². The lowest BCUT2D eigenvalue weighted by atomic mass is 10.1. The van der Waals surface area contributed by atoms with Gasteiger partial charge in [-0.3, -0.25) is 10.2 Å². The van der Waals surface area contributed by atoms with Crippen LogP contribution in [-0.4, -0.2) is 58.8 Å². The van der Waals surface area contributed by atoms with Crippen molar-refractivity contribution < 1.29 is 19.4 Å². The quantitative estimate of drug-likeness (QED) is 0.855. The standard InChI is InChI=1S/C16H23N3O4/c1-16(2,22)14(20)18-8-10-19(11-9-18)17-15(21)23-12-13-6-4-3-5-7-13/h3-7,22H,8-12H2,1-2H3,(H,17,21). The Balaban J connectivity index is 1.72. The van der Waals surface area contributed by atoms with Crippen LogP contribution in [0.25, 0.3) is 0 Å². The molecule has 0 radical (unpaired) electrons. The van der Waals surface area contributed by atoms with Gasteiger partial charge in [0.2, 0.25) is 0 Å². The third-order valence-corrected chi connectivity index (χ3v) is 3.55. The van der Waals surface area contributed by atoms with Crippen molar-refractivity contribution in [3.05, 3.63) is 35.9 Å². The van der Waals surface area contributed by atoms with Crippen LogP contribution in [0.3, 0.4) is 0 Å². The number of piperazine rings is 1. The van der Waals surface area contributed by atoms with E-state index in [1.54, 1.807) is 9.91 Å². The maximum Gasteiger partial charge on any atom is 0.422 e. The number of amides is 2. The molecule has 1 heterocycles. The van der Waals surface area contributed by atoms with Gasteiger partial charge in [-0.1, -0.05) is 30.3 Å². The lowest BCUT2D eigenvalue weighted by Gasteiger charge is -2.36. The van der Waals surface area contributed by atoms with Gasteiger partial charge in [-0.25, -0.2) is 9.80 Å². The normalized spacial score (nSPS) is 16.0. The summed E-state index contributed by atoms with van der Waals surface area (Å²) in [6.07, 6.45) is -0.517. The molecule has 1 aromatic carbocycles. The minimum Gasteiger partial charge on any atom is -0.444 e. The number of nitrogens with one attached hydrogen (secondary N) is 1. The van der Waals surface area contributed by atoms with Crippen molar-refractivity contribution in [3.63, 3.8) is 0 Å². The Labute approximate surface area is 135 Å². The van der Waals surface area contributed by atoms with Crippen molar-refractivity contribution in [1.29, 1.82) is 0 Å². The molecule has 0 aliphatic carbocycles. The van der Waals surface area contributed by atoms with Crippen LogP contribution in [0.2, 0.25) is 0 Å². The SMILES string of the molecule is CC(C)(O)C(=O)N1CCN(NC(=O)OCc2ccccc2)CC1. The number of hydrogen-bond donors (Lipinski definition) is 2. The highest BCUT2D eigenvalue weighted by Crippen LogP contribution is 2.10. The molecular weight excluding hydrogens is 298 g/mol. The summed E-state index contributed by atoms with van der Waals surface area (Å²) >= 11 is 0. The first-order chi connectivity index (χ1) is 10.9. The first-order valence-electron chi connectivity index (χ1n) is 7.60. The third kappa shape index (κ3) is 5.22. The highest BCUT2D eigenvalue weighted by atomic mass is 16.6.